The molecule has 14 heavy (non-hydrogen) atoms. The van der Waals surface area contributed by atoms with Crippen molar-refractivity contribution in [2.24, 2.45) is 0 Å². The van der Waals surface area contributed by atoms with Gasteiger partial charge in [-0.3, -0.25) is 0 Å². The Bertz CT molecular complexity index is 338. The summed E-state index contributed by atoms with van der Waals surface area (Å²) in [6.07, 6.45) is 0.913. The van der Waals surface area contributed by atoms with E-state index >= 15 is 0 Å². The summed E-state index contributed by atoms with van der Waals surface area (Å²) in [5, 5.41) is 0. The number of hydrogen-bond donors (Lipinski definition) is 0. The van der Waals surface area contributed by atoms with E-state index in [0.717, 1.165) is 17.5 Å². The van der Waals surface area contributed by atoms with Crippen LogP contribution < -0.4 is 0 Å². The summed E-state index contributed by atoms with van der Waals surface area (Å²) >= 11 is 0. The first-order valence-corrected chi connectivity index (χ1v) is 5.27. The zero-order chi connectivity index (χ0) is 10.9. The Labute approximate surface area is 86.2 Å². The third kappa shape index (κ3) is 1.82. The fraction of sp³-hybridized carbons (Fsp3) is 0.538. The SMILES string of the molecule is CCc1c(C(C)C)cc(C)c(F)c1C. The molecule has 0 nitrogen and oxygen atoms in total. The Morgan fingerprint density at radius 1 is 1.29 bits per heavy atom. The molecule has 0 spiro atoms. The highest BCUT2D eigenvalue weighted by atomic mass is 19.1. The van der Waals surface area contributed by atoms with E-state index in [1.54, 1.807) is 0 Å². The Morgan fingerprint density at radius 2 is 1.86 bits per heavy atom. The van der Waals surface area contributed by atoms with Crippen molar-refractivity contribution in [3.63, 3.8) is 0 Å². The monoisotopic (exact) mass is 194 g/mol. The largest absolute Gasteiger partial charge is 0.206 e. The van der Waals surface area contributed by atoms with Crippen molar-refractivity contribution in [3.05, 3.63) is 34.1 Å². The summed E-state index contributed by atoms with van der Waals surface area (Å²) in [6, 6.07) is 1.99. The molecule has 0 saturated carbocycles. The number of halogens is 1. The first kappa shape index (κ1) is 11.2. The first-order chi connectivity index (χ1) is 6.49. The fourth-order valence-corrected chi connectivity index (χ4v) is 2.01. The topological polar surface area (TPSA) is 0 Å². The highest BCUT2D eigenvalue weighted by molar-refractivity contribution is 5.41. The minimum absolute atomic E-state index is 0.0359. The van der Waals surface area contributed by atoms with E-state index in [0.29, 0.717) is 5.92 Å². The van der Waals surface area contributed by atoms with Gasteiger partial charge < -0.3 is 0 Å². The van der Waals surface area contributed by atoms with Crippen LogP contribution in [0.5, 0.6) is 0 Å². The van der Waals surface area contributed by atoms with Crippen LogP contribution in [-0.4, -0.2) is 0 Å². The van der Waals surface area contributed by atoms with Crippen LogP contribution in [0.4, 0.5) is 4.39 Å². The van der Waals surface area contributed by atoms with Crippen LogP contribution in [-0.2, 0) is 6.42 Å². The normalized spacial score (nSPS) is 11.1. The van der Waals surface area contributed by atoms with Gasteiger partial charge in [-0.2, -0.15) is 0 Å². The third-order valence-corrected chi connectivity index (χ3v) is 2.82. The minimum atomic E-state index is -0.0359. The van der Waals surface area contributed by atoms with E-state index in [1.807, 2.05) is 19.9 Å². The predicted molar refractivity (Wildman–Crippen MR) is 59.3 cm³/mol. The summed E-state index contributed by atoms with van der Waals surface area (Å²) in [4.78, 5) is 0. The Morgan fingerprint density at radius 3 is 2.29 bits per heavy atom. The van der Waals surface area contributed by atoms with Crippen molar-refractivity contribution in [3.8, 4) is 0 Å². The molecule has 0 aliphatic carbocycles. The molecule has 0 unspecified atom stereocenters. The van der Waals surface area contributed by atoms with Crippen molar-refractivity contribution >= 4 is 0 Å². The molecule has 0 saturated heterocycles. The molecule has 0 aromatic heterocycles. The van der Waals surface area contributed by atoms with Crippen LogP contribution in [0.1, 0.15) is 48.9 Å². The van der Waals surface area contributed by atoms with Gasteiger partial charge in [0.15, 0.2) is 0 Å². The molecule has 0 bridgehead atoms. The van der Waals surface area contributed by atoms with Gasteiger partial charge in [0.2, 0.25) is 0 Å². The van der Waals surface area contributed by atoms with Crippen molar-refractivity contribution in [1.82, 2.24) is 0 Å². The van der Waals surface area contributed by atoms with Gasteiger partial charge in [-0.1, -0.05) is 26.8 Å². The zero-order valence-corrected chi connectivity index (χ0v) is 9.74. The van der Waals surface area contributed by atoms with Crippen molar-refractivity contribution < 1.29 is 4.39 Å². The molecule has 78 valence electrons. The second-order valence-corrected chi connectivity index (χ2v) is 4.21. The molecule has 0 atom stereocenters. The molecule has 0 heterocycles. The lowest BCUT2D eigenvalue weighted by atomic mass is 9.90. The second-order valence-electron chi connectivity index (χ2n) is 4.21. The van der Waals surface area contributed by atoms with Crippen molar-refractivity contribution in [1.29, 1.82) is 0 Å². The van der Waals surface area contributed by atoms with Crippen LogP contribution in [0.3, 0.4) is 0 Å². The molecule has 0 aliphatic rings. The van der Waals surface area contributed by atoms with E-state index in [1.165, 1.54) is 11.1 Å². The van der Waals surface area contributed by atoms with Crippen molar-refractivity contribution in [2.75, 3.05) is 0 Å². The number of rotatable bonds is 2. The van der Waals surface area contributed by atoms with E-state index in [4.69, 9.17) is 0 Å². The molecule has 0 radical (unpaired) electrons. The average Bonchev–Trinajstić information content (AvgIpc) is 2.13. The summed E-state index contributed by atoms with van der Waals surface area (Å²) in [6.45, 7) is 10.1. The van der Waals surface area contributed by atoms with Crippen LogP contribution in [0.25, 0.3) is 0 Å². The quantitative estimate of drug-likeness (QED) is 0.664. The maximum absolute atomic E-state index is 13.6. The number of hydrogen-bond acceptors (Lipinski definition) is 0. The maximum atomic E-state index is 13.6. The fourth-order valence-electron chi connectivity index (χ4n) is 2.01. The van der Waals surface area contributed by atoms with Crippen LogP contribution in [0, 0.1) is 19.7 Å². The molecule has 0 aliphatic heterocycles. The summed E-state index contributed by atoms with van der Waals surface area (Å²) in [5.41, 5.74) is 4.08. The first-order valence-electron chi connectivity index (χ1n) is 5.27. The van der Waals surface area contributed by atoms with Crippen LogP contribution >= 0.6 is 0 Å². The lowest BCUT2D eigenvalue weighted by Crippen LogP contribution is -2.02. The van der Waals surface area contributed by atoms with Crippen molar-refractivity contribution in [2.45, 2.75) is 47.0 Å². The molecular formula is C13H19F. The van der Waals surface area contributed by atoms with Gasteiger partial charge in [0, 0.05) is 0 Å². The zero-order valence-electron chi connectivity index (χ0n) is 9.74. The van der Waals surface area contributed by atoms with Gasteiger partial charge in [0.25, 0.3) is 0 Å². The molecule has 1 aromatic carbocycles. The summed E-state index contributed by atoms with van der Waals surface area (Å²) in [7, 11) is 0. The summed E-state index contributed by atoms with van der Waals surface area (Å²) in [5.74, 6) is 0.439. The molecule has 1 heteroatoms. The minimum Gasteiger partial charge on any atom is -0.206 e. The molecule has 0 N–H and O–H groups in total. The molecule has 1 aromatic rings. The number of benzene rings is 1. The molecule has 1 rings (SSSR count). The highest BCUT2D eigenvalue weighted by Gasteiger charge is 2.13. The van der Waals surface area contributed by atoms with E-state index in [-0.39, 0.29) is 5.82 Å². The van der Waals surface area contributed by atoms with Gasteiger partial charge in [0.1, 0.15) is 5.82 Å². The van der Waals surface area contributed by atoms with Crippen LogP contribution in [0.2, 0.25) is 0 Å². The molecule has 0 amide bonds. The summed E-state index contributed by atoms with van der Waals surface area (Å²) < 4.78 is 13.6. The Balaban J connectivity index is 3.43. The molecule has 0 fully saturated rings. The van der Waals surface area contributed by atoms with Gasteiger partial charge in [-0.25, -0.2) is 4.39 Å². The van der Waals surface area contributed by atoms with E-state index in [9.17, 15) is 4.39 Å². The predicted octanol–water partition coefficient (Wildman–Crippen LogP) is 4.13. The highest BCUT2D eigenvalue weighted by Crippen LogP contribution is 2.27. The lowest BCUT2D eigenvalue weighted by molar-refractivity contribution is 0.603. The van der Waals surface area contributed by atoms with Gasteiger partial charge >= 0.3 is 0 Å². The standard InChI is InChI=1S/C13H19F/c1-6-11-10(5)13(14)9(4)7-12(11)8(2)3/h7-8H,6H2,1-5H3. The average molecular weight is 194 g/mol. The lowest BCUT2D eigenvalue weighted by Gasteiger charge is -2.16. The van der Waals surface area contributed by atoms with Crippen LogP contribution in [0.15, 0.2) is 6.07 Å². The number of aryl methyl sites for hydroxylation is 1. The third-order valence-electron chi connectivity index (χ3n) is 2.82. The van der Waals surface area contributed by atoms with Gasteiger partial charge in [0.05, 0.1) is 0 Å². The van der Waals surface area contributed by atoms with Gasteiger partial charge in [-0.05, 0) is 48.4 Å². The Kier molecular flexibility index (Phi) is 3.30. The van der Waals surface area contributed by atoms with E-state index in [2.05, 4.69) is 20.8 Å². The second kappa shape index (κ2) is 4.12. The smallest absolute Gasteiger partial charge is 0.129 e. The molecular weight excluding hydrogens is 175 g/mol. The van der Waals surface area contributed by atoms with E-state index < -0.39 is 0 Å². The Hall–Kier alpha value is -0.850. The van der Waals surface area contributed by atoms with Gasteiger partial charge in [-0.15, -0.1) is 0 Å². The maximum Gasteiger partial charge on any atom is 0.129 e.